The molecule has 1 aliphatic heterocycles. The van der Waals surface area contributed by atoms with Gasteiger partial charge in [0.05, 0.1) is 13.2 Å². The third-order valence-electron chi connectivity index (χ3n) is 3.45. The predicted molar refractivity (Wildman–Crippen MR) is 72.3 cm³/mol. The van der Waals surface area contributed by atoms with Crippen LogP contribution in [-0.4, -0.2) is 32.9 Å². The number of hydrogen-bond acceptors (Lipinski definition) is 5. The lowest BCUT2D eigenvalue weighted by Gasteiger charge is -2.09. The fourth-order valence-electron chi connectivity index (χ4n) is 2.49. The average Bonchev–Trinajstić information content (AvgIpc) is 3.10. The van der Waals surface area contributed by atoms with E-state index in [1.54, 1.807) is 0 Å². The summed E-state index contributed by atoms with van der Waals surface area (Å²) < 4.78 is 12.8. The molecule has 1 atom stereocenters. The zero-order valence-electron chi connectivity index (χ0n) is 12.0. The molecule has 0 amide bonds. The normalized spacial score (nSPS) is 19.1. The fraction of sp³-hybridized carbons (Fsp3) is 0.643. The van der Waals surface area contributed by atoms with Gasteiger partial charge < -0.3 is 13.8 Å². The molecule has 3 heterocycles. The van der Waals surface area contributed by atoms with E-state index in [4.69, 9.17) is 9.26 Å². The Labute approximate surface area is 118 Å². The van der Waals surface area contributed by atoms with Crippen LogP contribution in [0.5, 0.6) is 0 Å². The van der Waals surface area contributed by atoms with Crippen LogP contribution in [0.25, 0.3) is 0 Å². The number of aromatic nitrogens is 4. The Balaban J connectivity index is 1.71. The van der Waals surface area contributed by atoms with E-state index in [0.717, 1.165) is 31.9 Å². The molecule has 0 N–H and O–H groups in total. The van der Waals surface area contributed by atoms with Crippen molar-refractivity contribution in [3.8, 4) is 0 Å². The van der Waals surface area contributed by atoms with Crippen LogP contribution in [0.15, 0.2) is 16.9 Å². The molecule has 2 aromatic heterocycles. The summed E-state index contributed by atoms with van der Waals surface area (Å²) in [7, 11) is 0. The van der Waals surface area contributed by atoms with Crippen molar-refractivity contribution in [2.45, 2.75) is 39.2 Å². The Morgan fingerprint density at radius 2 is 2.35 bits per heavy atom. The average molecular weight is 276 g/mol. The van der Waals surface area contributed by atoms with Gasteiger partial charge in [-0.1, -0.05) is 19.0 Å². The Morgan fingerprint density at radius 1 is 1.45 bits per heavy atom. The molecule has 0 bridgehead atoms. The number of rotatable bonds is 5. The first kappa shape index (κ1) is 13.3. The molecule has 108 valence electrons. The van der Waals surface area contributed by atoms with Crippen LogP contribution in [0.4, 0.5) is 0 Å². The third-order valence-corrected chi connectivity index (χ3v) is 3.45. The van der Waals surface area contributed by atoms with Gasteiger partial charge in [0.1, 0.15) is 5.82 Å². The van der Waals surface area contributed by atoms with Crippen molar-refractivity contribution in [2.24, 2.45) is 5.92 Å². The fourth-order valence-corrected chi connectivity index (χ4v) is 2.49. The molecule has 2 aromatic rings. The molecular formula is C14H20N4O2. The van der Waals surface area contributed by atoms with Gasteiger partial charge in [-0.25, -0.2) is 4.98 Å². The molecule has 0 saturated carbocycles. The second kappa shape index (κ2) is 5.75. The standard InChI is InChI=1S/C14H20N4O2/c1-10(2)7-13-16-12(17-20-13)8-18-5-4-15-14(18)11-3-6-19-9-11/h4-5,10-11H,3,6-9H2,1-2H3/t11-/m1/s1. The van der Waals surface area contributed by atoms with E-state index in [2.05, 4.69) is 33.5 Å². The van der Waals surface area contributed by atoms with Gasteiger partial charge >= 0.3 is 0 Å². The quantitative estimate of drug-likeness (QED) is 0.835. The minimum absolute atomic E-state index is 0.382. The van der Waals surface area contributed by atoms with Crippen LogP contribution in [0, 0.1) is 5.92 Å². The van der Waals surface area contributed by atoms with E-state index < -0.39 is 0 Å². The van der Waals surface area contributed by atoms with Gasteiger partial charge in [-0.3, -0.25) is 0 Å². The van der Waals surface area contributed by atoms with Crippen molar-refractivity contribution >= 4 is 0 Å². The van der Waals surface area contributed by atoms with E-state index in [0.29, 0.717) is 30.1 Å². The van der Waals surface area contributed by atoms with E-state index in [-0.39, 0.29) is 0 Å². The Kier molecular flexibility index (Phi) is 3.82. The molecule has 0 aliphatic carbocycles. The summed E-state index contributed by atoms with van der Waals surface area (Å²) in [5, 5.41) is 4.05. The van der Waals surface area contributed by atoms with Crippen LogP contribution in [0.2, 0.25) is 0 Å². The van der Waals surface area contributed by atoms with Gasteiger partial charge in [0, 0.05) is 31.3 Å². The Morgan fingerprint density at radius 3 is 3.10 bits per heavy atom. The molecule has 0 aromatic carbocycles. The highest BCUT2D eigenvalue weighted by Gasteiger charge is 2.22. The van der Waals surface area contributed by atoms with Gasteiger partial charge in [0.15, 0.2) is 5.82 Å². The van der Waals surface area contributed by atoms with Crippen molar-refractivity contribution in [3.63, 3.8) is 0 Å². The maximum Gasteiger partial charge on any atom is 0.226 e. The van der Waals surface area contributed by atoms with E-state index >= 15 is 0 Å². The van der Waals surface area contributed by atoms with Gasteiger partial charge in [0.2, 0.25) is 5.89 Å². The van der Waals surface area contributed by atoms with E-state index in [1.165, 1.54) is 0 Å². The lowest BCUT2D eigenvalue weighted by atomic mass is 10.1. The number of hydrogen-bond donors (Lipinski definition) is 0. The number of nitrogens with zero attached hydrogens (tertiary/aromatic N) is 4. The largest absolute Gasteiger partial charge is 0.381 e. The van der Waals surface area contributed by atoms with Crippen molar-refractivity contribution in [1.29, 1.82) is 0 Å². The van der Waals surface area contributed by atoms with Gasteiger partial charge in [-0.15, -0.1) is 0 Å². The molecule has 1 saturated heterocycles. The molecular weight excluding hydrogens is 256 g/mol. The zero-order valence-corrected chi connectivity index (χ0v) is 12.0. The van der Waals surface area contributed by atoms with Crippen molar-refractivity contribution < 1.29 is 9.26 Å². The highest BCUT2D eigenvalue weighted by atomic mass is 16.5. The van der Waals surface area contributed by atoms with Gasteiger partial charge in [0.25, 0.3) is 0 Å². The maximum atomic E-state index is 5.43. The molecule has 0 spiro atoms. The topological polar surface area (TPSA) is 66.0 Å². The first-order valence-electron chi connectivity index (χ1n) is 7.12. The summed E-state index contributed by atoms with van der Waals surface area (Å²) >= 11 is 0. The summed E-state index contributed by atoms with van der Waals surface area (Å²) in [6.07, 6.45) is 5.64. The molecule has 6 nitrogen and oxygen atoms in total. The van der Waals surface area contributed by atoms with Crippen LogP contribution < -0.4 is 0 Å². The second-order valence-electron chi connectivity index (χ2n) is 5.68. The third kappa shape index (κ3) is 2.90. The van der Waals surface area contributed by atoms with E-state index in [1.807, 2.05) is 12.4 Å². The highest BCUT2D eigenvalue weighted by Crippen LogP contribution is 2.24. The van der Waals surface area contributed by atoms with Crippen molar-refractivity contribution in [3.05, 3.63) is 29.9 Å². The minimum atomic E-state index is 0.382. The lowest BCUT2D eigenvalue weighted by molar-refractivity contribution is 0.192. The second-order valence-corrected chi connectivity index (χ2v) is 5.68. The summed E-state index contributed by atoms with van der Waals surface area (Å²) in [6.45, 7) is 6.45. The molecule has 3 rings (SSSR count). The Bertz CT molecular complexity index is 555. The van der Waals surface area contributed by atoms with Crippen LogP contribution in [-0.2, 0) is 17.7 Å². The summed E-state index contributed by atoms with van der Waals surface area (Å²) in [4.78, 5) is 8.88. The first-order valence-corrected chi connectivity index (χ1v) is 7.12. The Hall–Kier alpha value is -1.69. The van der Waals surface area contributed by atoms with Crippen LogP contribution >= 0.6 is 0 Å². The molecule has 6 heteroatoms. The molecule has 1 aliphatic rings. The first-order chi connectivity index (χ1) is 9.72. The summed E-state index contributed by atoms with van der Waals surface area (Å²) in [6, 6.07) is 0. The predicted octanol–water partition coefficient (Wildman–Crippen LogP) is 2.02. The summed E-state index contributed by atoms with van der Waals surface area (Å²) in [5.41, 5.74) is 0. The molecule has 20 heavy (non-hydrogen) atoms. The monoisotopic (exact) mass is 276 g/mol. The van der Waals surface area contributed by atoms with Gasteiger partial charge in [-0.05, 0) is 12.3 Å². The lowest BCUT2D eigenvalue weighted by Crippen LogP contribution is -2.10. The molecule has 0 radical (unpaired) electrons. The van der Waals surface area contributed by atoms with Gasteiger partial charge in [-0.2, -0.15) is 4.98 Å². The number of imidazole rings is 1. The van der Waals surface area contributed by atoms with E-state index in [9.17, 15) is 0 Å². The zero-order chi connectivity index (χ0) is 13.9. The SMILES string of the molecule is CC(C)Cc1nc(Cn2ccnc2[C@@H]2CCOC2)no1. The molecule has 1 fully saturated rings. The molecule has 0 unspecified atom stereocenters. The maximum absolute atomic E-state index is 5.43. The highest BCUT2D eigenvalue weighted by molar-refractivity contribution is 5.04. The number of ether oxygens (including phenoxy) is 1. The van der Waals surface area contributed by atoms with Crippen molar-refractivity contribution in [1.82, 2.24) is 19.7 Å². The minimum Gasteiger partial charge on any atom is -0.381 e. The van der Waals surface area contributed by atoms with Crippen LogP contribution in [0.1, 0.15) is 43.7 Å². The smallest absolute Gasteiger partial charge is 0.226 e. The van der Waals surface area contributed by atoms with Crippen molar-refractivity contribution in [2.75, 3.05) is 13.2 Å². The summed E-state index contributed by atoms with van der Waals surface area (Å²) in [5.74, 6) is 3.37. The van der Waals surface area contributed by atoms with Crippen LogP contribution in [0.3, 0.4) is 0 Å².